The van der Waals surface area contributed by atoms with E-state index in [9.17, 15) is 4.79 Å². The zero-order valence-electron chi connectivity index (χ0n) is 12.6. The molecule has 1 aliphatic carbocycles. The van der Waals surface area contributed by atoms with Gasteiger partial charge in [-0.3, -0.25) is 9.69 Å². The van der Waals surface area contributed by atoms with Crippen LogP contribution in [0.25, 0.3) is 0 Å². The number of carbonyl (C=O) groups is 1. The quantitative estimate of drug-likeness (QED) is 0.732. The second-order valence-corrected chi connectivity index (χ2v) is 6.21. The normalized spacial score (nSPS) is 31.3. The highest BCUT2D eigenvalue weighted by Gasteiger charge is 2.35. The van der Waals surface area contributed by atoms with Gasteiger partial charge in [-0.15, -0.1) is 0 Å². The molecule has 19 heavy (non-hydrogen) atoms. The standard InChI is InChI=1S/C15H28N2O2/c1-12-10-17(13-7-5-4-6-8-13)14(11-16(12)2)9-15(18)19-3/h12-14H,4-11H2,1-3H3. The van der Waals surface area contributed by atoms with E-state index in [0.717, 1.165) is 13.1 Å². The van der Waals surface area contributed by atoms with Gasteiger partial charge in [0.2, 0.25) is 0 Å². The molecule has 1 heterocycles. The summed E-state index contributed by atoms with van der Waals surface area (Å²) in [6, 6.07) is 1.59. The summed E-state index contributed by atoms with van der Waals surface area (Å²) < 4.78 is 4.87. The molecule has 4 heteroatoms. The van der Waals surface area contributed by atoms with Crippen molar-refractivity contribution in [3.63, 3.8) is 0 Å². The third-order valence-electron chi connectivity index (χ3n) is 4.87. The Bertz CT molecular complexity index is 303. The van der Waals surface area contributed by atoms with E-state index >= 15 is 0 Å². The molecule has 0 aromatic heterocycles. The summed E-state index contributed by atoms with van der Waals surface area (Å²) in [4.78, 5) is 16.6. The molecular formula is C15H28N2O2. The number of hydrogen-bond acceptors (Lipinski definition) is 4. The van der Waals surface area contributed by atoms with Crippen molar-refractivity contribution in [3.05, 3.63) is 0 Å². The van der Waals surface area contributed by atoms with Gasteiger partial charge in [-0.25, -0.2) is 0 Å². The first-order valence-corrected chi connectivity index (χ1v) is 7.64. The maximum absolute atomic E-state index is 11.6. The summed E-state index contributed by atoms with van der Waals surface area (Å²) >= 11 is 0. The zero-order chi connectivity index (χ0) is 13.8. The Morgan fingerprint density at radius 3 is 2.53 bits per heavy atom. The van der Waals surface area contributed by atoms with E-state index in [1.807, 2.05) is 0 Å². The van der Waals surface area contributed by atoms with Crippen molar-refractivity contribution in [2.45, 2.75) is 63.6 Å². The van der Waals surface area contributed by atoms with Crippen molar-refractivity contribution in [3.8, 4) is 0 Å². The lowest BCUT2D eigenvalue weighted by Crippen LogP contribution is -2.59. The van der Waals surface area contributed by atoms with Gasteiger partial charge in [0.15, 0.2) is 0 Å². The molecule has 2 aliphatic rings. The zero-order valence-corrected chi connectivity index (χ0v) is 12.6. The molecule has 1 saturated carbocycles. The van der Waals surface area contributed by atoms with Crippen LogP contribution < -0.4 is 0 Å². The van der Waals surface area contributed by atoms with Crippen LogP contribution in [0, 0.1) is 0 Å². The number of likely N-dealkylation sites (N-methyl/N-ethyl adjacent to an activating group) is 1. The lowest BCUT2D eigenvalue weighted by molar-refractivity contribution is -0.143. The summed E-state index contributed by atoms with van der Waals surface area (Å²) in [6.45, 7) is 4.35. The summed E-state index contributed by atoms with van der Waals surface area (Å²) in [5.74, 6) is -0.0752. The maximum Gasteiger partial charge on any atom is 0.307 e. The Morgan fingerprint density at radius 1 is 1.21 bits per heavy atom. The molecule has 0 aromatic carbocycles. The van der Waals surface area contributed by atoms with Crippen LogP contribution >= 0.6 is 0 Å². The van der Waals surface area contributed by atoms with Crippen molar-refractivity contribution in [1.82, 2.24) is 9.80 Å². The van der Waals surface area contributed by atoms with Gasteiger partial charge in [0.1, 0.15) is 0 Å². The first kappa shape index (κ1) is 14.8. The Balaban J connectivity index is 2.03. The van der Waals surface area contributed by atoms with Gasteiger partial charge in [0.25, 0.3) is 0 Å². The largest absolute Gasteiger partial charge is 0.469 e. The summed E-state index contributed by atoms with van der Waals surface area (Å²) in [6.07, 6.45) is 7.19. The molecule has 2 atom stereocenters. The molecule has 110 valence electrons. The fraction of sp³-hybridized carbons (Fsp3) is 0.933. The van der Waals surface area contributed by atoms with E-state index in [1.54, 1.807) is 0 Å². The molecule has 1 aliphatic heterocycles. The highest BCUT2D eigenvalue weighted by atomic mass is 16.5. The van der Waals surface area contributed by atoms with Gasteiger partial charge in [0.05, 0.1) is 13.5 Å². The predicted molar refractivity (Wildman–Crippen MR) is 76.1 cm³/mol. The molecule has 4 nitrogen and oxygen atoms in total. The van der Waals surface area contributed by atoms with Crippen LogP contribution in [0.5, 0.6) is 0 Å². The van der Waals surface area contributed by atoms with Crippen LogP contribution in [-0.2, 0) is 9.53 Å². The van der Waals surface area contributed by atoms with E-state index in [2.05, 4.69) is 23.8 Å². The second kappa shape index (κ2) is 6.71. The number of esters is 1. The topological polar surface area (TPSA) is 32.8 Å². The van der Waals surface area contributed by atoms with E-state index in [-0.39, 0.29) is 5.97 Å². The molecule has 0 radical (unpaired) electrons. The number of rotatable bonds is 3. The SMILES string of the molecule is COC(=O)CC1CN(C)C(C)CN1C1CCCCC1. The molecule has 0 spiro atoms. The number of nitrogens with zero attached hydrogens (tertiary/aromatic N) is 2. The predicted octanol–water partition coefficient (Wildman–Crippen LogP) is 1.89. The van der Waals surface area contributed by atoms with E-state index in [1.165, 1.54) is 39.2 Å². The lowest BCUT2D eigenvalue weighted by Gasteiger charge is -2.48. The summed E-state index contributed by atoms with van der Waals surface area (Å²) in [5, 5.41) is 0. The molecule has 2 fully saturated rings. The van der Waals surface area contributed by atoms with Crippen molar-refractivity contribution in [2.75, 3.05) is 27.2 Å². The van der Waals surface area contributed by atoms with Crippen molar-refractivity contribution in [2.24, 2.45) is 0 Å². The fourth-order valence-electron chi connectivity index (χ4n) is 3.53. The van der Waals surface area contributed by atoms with Crippen LogP contribution in [0.2, 0.25) is 0 Å². The third kappa shape index (κ3) is 3.69. The van der Waals surface area contributed by atoms with Gasteiger partial charge in [-0.05, 0) is 26.8 Å². The van der Waals surface area contributed by atoms with E-state index < -0.39 is 0 Å². The van der Waals surface area contributed by atoms with Crippen LogP contribution in [-0.4, -0.2) is 61.1 Å². The Morgan fingerprint density at radius 2 is 1.89 bits per heavy atom. The lowest BCUT2D eigenvalue weighted by atomic mass is 9.91. The fourth-order valence-corrected chi connectivity index (χ4v) is 3.53. The van der Waals surface area contributed by atoms with Gasteiger partial charge in [-0.1, -0.05) is 19.3 Å². The monoisotopic (exact) mass is 268 g/mol. The van der Waals surface area contributed by atoms with Crippen LogP contribution in [0.3, 0.4) is 0 Å². The Labute approximate surface area is 117 Å². The van der Waals surface area contributed by atoms with Gasteiger partial charge in [-0.2, -0.15) is 0 Å². The van der Waals surface area contributed by atoms with Crippen molar-refractivity contribution >= 4 is 5.97 Å². The molecule has 0 aromatic rings. The number of hydrogen-bond donors (Lipinski definition) is 0. The van der Waals surface area contributed by atoms with Crippen LogP contribution in [0.15, 0.2) is 0 Å². The smallest absolute Gasteiger partial charge is 0.307 e. The van der Waals surface area contributed by atoms with Gasteiger partial charge >= 0.3 is 5.97 Å². The summed E-state index contributed by atoms with van der Waals surface area (Å²) in [5.41, 5.74) is 0. The average molecular weight is 268 g/mol. The Hall–Kier alpha value is -0.610. The van der Waals surface area contributed by atoms with Gasteiger partial charge in [0, 0.05) is 31.2 Å². The first-order chi connectivity index (χ1) is 9.11. The molecule has 0 N–H and O–H groups in total. The van der Waals surface area contributed by atoms with Crippen molar-refractivity contribution in [1.29, 1.82) is 0 Å². The minimum atomic E-state index is -0.0752. The molecule has 2 rings (SSSR count). The number of ether oxygens (including phenoxy) is 1. The number of piperazine rings is 1. The molecular weight excluding hydrogens is 240 g/mol. The minimum Gasteiger partial charge on any atom is -0.469 e. The van der Waals surface area contributed by atoms with Crippen molar-refractivity contribution < 1.29 is 9.53 Å². The highest BCUT2D eigenvalue weighted by Crippen LogP contribution is 2.28. The summed E-state index contributed by atoms with van der Waals surface area (Å²) in [7, 11) is 3.65. The highest BCUT2D eigenvalue weighted by molar-refractivity contribution is 5.70. The Kier molecular flexibility index (Phi) is 5.22. The maximum atomic E-state index is 11.6. The molecule has 2 unspecified atom stereocenters. The molecule has 0 bridgehead atoms. The first-order valence-electron chi connectivity index (χ1n) is 7.64. The van der Waals surface area contributed by atoms with Gasteiger partial charge < -0.3 is 9.64 Å². The minimum absolute atomic E-state index is 0.0752. The van der Waals surface area contributed by atoms with Crippen LogP contribution in [0.4, 0.5) is 0 Å². The molecule has 0 amide bonds. The van der Waals surface area contributed by atoms with E-state index in [0.29, 0.717) is 24.5 Å². The number of carbonyl (C=O) groups excluding carboxylic acids is 1. The van der Waals surface area contributed by atoms with Crippen LogP contribution in [0.1, 0.15) is 45.4 Å². The molecule has 1 saturated heterocycles. The average Bonchev–Trinajstić information content (AvgIpc) is 2.43. The van der Waals surface area contributed by atoms with E-state index in [4.69, 9.17) is 4.74 Å². The second-order valence-electron chi connectivity index (χ2n) is 6.21. The third-order valence-corrected chi connectivity index (χ3v) is 4.87. The number of methoxy groups -OCH3 is 1.